The van der Waals surface area contributed by atoms with E-state index in [0.717, 1.165) is 22.6 Å². The molecule has 0 aliphatic heterocycles. The molecule has 0 radical (unpaired) electrons. The van der Waals surface area contributed by atoms with Gasteiger partial charge in [0, 0.05) is 18.3 Å². The molecule has 0 aliphatic carbocycles. The van der Waals surface area contributed by atoms with Crippen molar-refractivity contribution in [2.24, 2.45) is 7.05 Å². The monoisotopic (exact) mass is 321 g/mol. The second-order valence-corrected chi connectivity index (χ2v) is 5.56. The second kappa shape index (κ2) is 6.58. The Morgan fingerprint density at radius 2 is 1.83 bits per heavy atom. The number of aryl methyl sites for hydroxylation is 2. The van der Waals surface area contributed by atoms with Gasteiger partial charge < -0.3 is 10.1 Å². The number of para-hydroxylation sites is 1. The number of carbonyl (C=O) groups is 1. The van der Waals surface area contributed by atoms with Crippen LogP contribution in [-0.2, 0) is 7.05 Å². The molecule has 1 heterocycles. The summed E-state index contributed by atoms with van der Waals surface area (Å²) in [6.07, 6.45) is 0. The number of aromatic nitrogens is 2. The molecule has 0 atom stereocenters. The van der Waals surface area contributed by atoms with E-state index in [-0.39, 0.29) is 5.91 Å². The van der Waals surface area contributed by atoms with Gasteiger partial charge in [-0.05, 0) is 37.3 Å². The average Bonchev–Trinajstić information content (AvgIpc) is 2.98. The van der Waals surface area contributed by atoms with E-state index in [0.29, 0.717) is 11.4 Å². The first kappa shape index (κ1) is 15.8. The van der Waals surface area contributed by atoms with Gasteiger partial charge in [-0.25, -0.2) is 0 Å². The fourth-order valence-electron chi connectivity index (χ4n) is 2.50. The molecule has 122 valence electrons. The third kappa shape index (κ3) is 3.15. The number of amides is 1. The van der Waals surface area contributed by atoms with Gasteiger partial charge in [0.25, 0.3) is 5.91 Å². The van der Waals surface area contributed by atoms with Gasteiger partial charge >= 0.3 is 0 Å². The summed E-state index contributed by atoms with van der Waals surface area (Å²) in [5, 5.41) is 7.33. The molecule has 2 aromatic carbocycles. The number of ether oxygens (including phenoxy) is 1. The fraction of sp³-hybridized carbons (Fsp3) is 0.158. The van der Waals surface area contributed by atoms with Gasteiger partial charge in [0.05, 0.1) is 12.8 Å². The first-order valence-electron chi connectivity index (χ1n) is 7.64. The molecule has 24 heavy (non-hydrogen) atoms. The van der Waals surface area contributed by atoms with Crippen LogP contribution < -0.4 is 10.1 Å². The highest BCUT2D eigenvalue weighted by Gasteiger charge is 2.16. The maximum Gasteiger partial charge on any atom is 0.273 e. The van der Waals surface area contributed by atoms with Crippen molar-refractivity contribution in [1.29, 1.82) is 0 Å². The van der Waals surface area contributed by atoms with E-state index in [1.807, 2.05) is 55.5 Å². The minimum absolute atomic E-state index is 0.199. The molecule has 1 aromatic heterocycles. The van der Waals surface area contributed by atoms with Crippen molar-refractivity contribution in [2.45, 2.75) is 6.92 Å². The number of nitrogens with zero attached hydrogens (tertiary/aromatic N) is 2. The Hall–Kier alpha value is -3.08. The molecular weight excluding hydrogens is 302 g/mol. The van der Waals surface area contributed by atoms with Gasteiger partial charge in [-0.2, -0.15) is 5.10 Å². The van der Waals surface area contributed by atoms with Crippen LogP contribution in [0.5, 0.6) is 5.75 Å². The largest absolute Gasteiger partial charge is 0.496 e. The molecule has 0 fully saturated rings. The number of carbonyl (C=O) groups excluding carboxylic acids is 1. The van der Waals surface area contributed by atoms with Crippen molar-refractivity contribution in [2.75, 3.05) is 12.4 Å². The molecule has 3 rings (SSSR count). The lowest BCUT2D eigenvalue weighted by atomic mass is 10.1. The molecule has 0 spiro atoms. The van der Waals surface area contributed by atoms with Crippen LogP contribution in [0.3, 0.4) is 0 Å². The van der Waals surface area contributed by atoms with Crippen molar-refractivity contribution in [3.05, 3.63) is 65.9 Å². The van der Waals surface area contributed by atoms with Crippen molar-refractivity contribution < 1.29 is 9.53 Å². The zero-order chi connectivity index (χ0) is 17.1. The Morgan fingerprint density at radius 1 is 1.12 bits per heavy atom. The number of benzene rings is 2. The summed E-state index contributed by atoms with van der Waals surface area (Å²) >= 11 is 0. The Balaban J connectivity index is 1.88. The van der Waals surface area contributed by atoms with Crippen molar-refractivity contribution in [3.63, 3.8) is 0 Å². The fourth-order valence-corrected chi connectivity index (χ4v) is 2.50. The van der Waals surface area contributed by atoms with Crippen molar-refractivity contribution in [1.82, 2.24) is 9.78 Å². The molecule has 1 N–H and O–H groups in total. The maximum atomic E-state index is 12.5. The van der Waals surface area contributed by atoms with Gasteiger partial charge in [0.1, 0.15) is 11.4 Å². The number of methoxy groups -OCH3 is 1. The highest BCUT2D eigenvalue weighted by atomic mass is 16.5. The summed E-state index contributed by atoms with van der Waals surface area (Å²) in [5.41, 5.74) is 3.93. The van der Waals surface area contributed by atoms with Crippen LogP contribution in [0.4, 0.5) is 5.69 Å². The second-order valence-electron chi connectivity index (χ2n) is 5.56. The number of rotatable bonds is 4. The predicted molar refractivity (Wildman–Crippen MR) is 94.3 cm³/mol. The minimum Gasteiger partial charge on any atom is -0.496 e. The normalized spacial score (nSPS) is 10.5. The van der Waals surface area contributed by atoms with E-state index >= 15 is 0 Å². The zero-order valence-electron chi connectivity index (χ0n) is 13.9. The van der Waals surface area contributed by atoms with Crippen LogP contribution in [0, 0.1) is 6.92 Å². The van der Waals surface area contributed by atoms with Crippen molar-refractivity contribution >= 4 is 11.6 Å². The first-order chi connectivity index (χ1) is 11.6. The van der Waals surface area contributed by atoms with E-state index in [2.05, 4.69) is 10.4 Å². The summed E-state index contributed by atoms with van der Waals surface area (Å²) in [6, 6.07) is 17.0. The number of hydrogen-bond donors (Lipinski definition) is 1. The van der Waals surface area contributed by atoms with Gasteiger partial charge in [-0.3, -0.25) is 9.48 Å². The third-order valence-corrected chi connectivity index (χ3v) is 3.80. The van der Waals surface area contributed by atoms with Crippen LogP contribution in [0.1, 0.15) is 16.1 Å². The molecule has 0 bridgehead atoms. The summed E-state index contributed by atoms with van der Waals surface area (Å²) < 4.78 is 6.94. The van der Waals surface area contributed by atoms with Crippen molar-refractivity contribution in [3.8, 4) is 17.0 Å². The summed E-state index contributed by atoms with van der Waals surface area (Å²) in [4.78, 5) is 12.5. The van der Waals surface area contributed by atoms with E-state index in [1.54, 1.807) is 24.9 Å². The lowest BCUT2D eigenvalue weighted by Gasteiger charge is -2.05. The Kier molecular flexibility index (Phi) is 4.33. The molecule has 0 saturated heterocycles. The lowest BCUT2D eigenvalue weighted by molar-refractivity contribution is 0.101. The molecule has 0 saturated carbocycles. The standard InChI is InChI=1S/C19H19N3O2/c1-13-8-10-14(11-9-13)20-19(23)17-12-16(21-22(17)2)15-6-4-5-7-18(15)24-3/h4-12H,1-3H3,(H,20,23). The van der Waals surface area contributed by atoms with Gasteiger partial charge in [0.15, 0.2) is 0 Å². The highest BCUT2D eigenvalue weighted by molar-refractivity contribution is 6.03. The van der Waals surface area contributed by atoms with E-state index in [1.165, 1.54) is 0 Å². The van der Waals surface area contributed by atoms with E-state index < -0.39 is 0 Å². The van der Waals surface area contributed by atoms with Gasteiger partial charge in [-0.15, -0.1) is 0 Å². The third-order valence-electron chi connectivity index (χ3n) is 3.80. The van der Waals surface area contributed by atoms with E-state index in [9.17, 15) is 4.79 Å². The average molecular weight is 321 g/mol. The SMILES string of the molecule is COc1ccccc1-c1cc(C(=O)Nc2ccc(C)cc2)n(C)n1. The Labute approximate surface area is 140 Å². The molecule has 5 heteroatoms. The van der Waals surface area contributed by atoms with Crippen LogP contribution in [0.2, 0.25) is 0 Å². The highest BCUT2D eigenvalue weighted by Crippen LogP contribution is 2.29. The minimum atomic E-state index is -0.199. The Bertz CT molecular complexity index is 867. The molecular formula is C19H19N3O2. The maximum absolute atomic E-state index is 12.5. The summed E-state index contributed by atoms with van der Waals surface area (Å²) in [7, 11) is 3.37. The molecule has 5 nitrogen and oxygen atoms in total. The lowest BCUT2D eigenvalue weighted by Crippen LogP contribution is -2.15. The number of hydrogen-bond acceptors (Lipinski definition) is 3. The van der Waals surface area contributed by atoms with Crippen LogP contribution in [0.25, 0.3) is 11.3 Å². The molecule has 0 unspecified atom stereocenters. The quantitative estimate of drug-likeness (QED) is 0.798. The van der Waals surface area contributed by atoms with Gasteiger partial charge in [-0.1, -0.05) is 29.8 Å². The molecule has 3 aromatic rings. The summed E-state index contributed by atoms with van der Waals surface area (Å²) in [5.74, 6) is 0.524. The predicted octanol–water partition coefficient (Wildman–Crippen LogP) is 3.66. The molecule has 0 aliphatic rings. The number of anilines is 1. The number of nitrogens with one attached hydrogen (secondary N) is 1. The van der Waals surface area contributed by atoms with Crippen LogP contribution >= 0.6 is 0 Å². The molecule has 1 amide bonds. The zero-order valence-corrected chi connectivity index (χ0v) is 13.9. The topological polar surface area (TPSA) is 56.1 Å². The first-order valence-corrected chi connectivity index (χ1v) is 7.64. The van der Waals surface area contributed by atoms with Crippen LogP contribution in [0.15, 0.2) is 54.6 Å². The van der Waals surface area contributed by atoms with Crippen LogP contribution in [-0.4, -0.2) is 22.8 Å². The Morgan fingerprint density at radius 3 is 2.54 bits per heavy atom. The summed E-state index contributed by atoms with van der Waals surface area (Å²) in [6.45, 7) is 2.01. The van der Waals surface area contributed by atoms with Gasteiger partial charge in [0.2, 0.25) is 0 Å². The smallest absolute Gasteiger partial charge is 0.273 e. The van der Waals surface area contributed by atoms with E-state index in [4.69, 9.17) is 4.74 Å².